The smallest absolute Gasteiger partial charge is 0.0359 e. The zero-order chi connectivity index (χ0) is 12.8. The van der Waals surface area contributed by atoms with E-state index >= 15 is 0 Å². The largest absolute Gasteiger partial charge is 0.398 e. The molecule has 0 atom stereocenters. The Bertz CT molecular complexity index is 489. The van der Waals surface area contributed by atoms with E-state index in [1.54, 1.807) is 0 Å². The van der Waals surface area contributed by atoms with Crippen LogP contribution in [-0.4, -0.2) is 0 Å². The highest BCUT2D eigenvalue weighted by molar-refractivity contribution is 5.46. The Hall–Kier alpha value is -1.80. The summed E-state index contributed by atoms with van der Waals surface area (Å²) in [5.41, 5.74) is 10.6. The topological polar surface area (TPSA) is 38.0 Å². The van der Waals surface area contributed by atoms with E-state index in [1.165, 1.54) is 11.1 Å². The molecule has 2 nitrogen and oxygen atoms in total. The molecule has 3 N–H and O–H groups in total. The number of aryl methyl sites for hydroxylation is 1. The zero-order valence-corrected chi connectivity index (χ0v) is 10.8. The molecule has 2 aromatic carbocycles. The predicted molar refractivity (Wildman–Crippen MR) is 77.2 cm³/mol. The molecular formula is C16H20N2. The molecule has 0 aliphatic rings. The van der Waals surface area contributed by atoms with E-state index in [0.29, 0.717) is 0 Å². The summed E-state index contributed by atoms with van der Waals surface area (Å²) < 4.78 is 0. The number of rotatable bonds is 5. The molecule has 18 heavy (non-hydrogen) atoms. The van der Waals surface area contributed by atoms with Crippen LogP contribution in [0.15, 0.2) is 48.5 Å². The molecule has 94 valence electrons. The molecule has 0 heterocycles. The molecule has 0 saturated heterocycles. The van der Waals surface area contributed by atoms with Gasteiger partial charge in [-0.15, -0.1) is 0 Å². The van der Waals surface area contributed by atoms with Gasteiger partial charge in [-0.1, -0.05) is 49.4 Å². The summed E-state index contributed by atoms with van der Waals surface area (Å²) >= 11 is 0. The van der Waals surface area contributed by atoms with Crippen molar-refractivity contribution >= 4 is 5.69 Å². The Morgan fingerprint density at radius 1 is 0.889 bits per heavy atom. The molecule has 0 aromatic heterocycles. The molecule has 2 heteroatoms. The fourth-order valence-corrected chi connectivity index (χ4v) is 1.93. The Balaban J connectivity index is 1.86. The third-order valence-electron chi connectivity index (χ3n) is 3.13. The number of benzene rings is 2. The van der Waals surface area contributed by atoms with E-state index in [2.05, 4.69) is 42.6 Å². The lowest BCUT2D eigenvalue weighted by Crippen LogP contribution is -2.13. The molecule has 0 amide bonds. The van der Waals surface area contributed by atoms with Crippen molar-refractivity contribution < 1.29 is 0 Å². The number of para-hydroxylation sites is 1. The van der Waals surface area contributed by atoms with Crippen molar-refractivity contribution in [3.05, 3.63) is 65.2 Å². The monoisotopic (exact) mass is 240 g/mol. The van der Waals surface area contributed by atoms with Crippen molar-refractivity contribution in [1.82, 2.24) is 5.32 Å². The summed E-state index contributed by atoms with van der Waals surface area (Å²) in [5, 5.41) is 3.42. The molecule has 0 aliphatic heterocycles. The van der Waals surface area contributed by atoms with Gasteiger partial charge in [0.15, 0.2) is 0 Å². The van der Waals surface area contributed by atoms with Crippen LogP contribution in [0.4, 0.5) is 5.69 Å². The van der Waals surface area contributed by atoms with Crippen LogP contribution in [0.5, 0.6) is 0 Å². The number of anilines is 1. The second-order valence-corrected chi connectivity index (χ2v) is 4.47. The van der Waals surface area contributed by atoms with Crippen molar-refractivity contribution in [3.63, 3.8) is 0 Å². The standard InChI is InChI=1S/C16H20N2/c1-2-13-7-9-14(10-8-13)11-18-12-15-5-3-4-6-16(15)17/h3-10,18H,2,11-12,17H2,1H3. The average Bonchev–Trinajstić information content (AvgIpc) is 2.42. The number of nitrogens with one attached hydrogen (secondary N) is 1. The van der Waals surface area contributed by atoms with Crippen molar-refractivity contribution in [1.29, 1.82) is 0 Å². The van der Waals surface area contributed by atoms with Gasteiger partial charge in [0.2, 0.25) is 0 Å². The number of hydrogen-bond donors (Lipinski definition) is 2. The van der Waals surface area contributed by atoms with E-state index in [4.69, 9.17) is 5.73 Å². The van der Waals surface area contributed by atoms with Crippen molar-refractivity contribution in [2.45, 2.75) is 26.4 Å². The van der Waals surface area contributed by atoms with Crippen LogP contribution in [0.25, 0.3) is 0 Å². The molecular weight excluding hydrogens is 220 g/mol. The number of nitrogens with two attached hydrogens (primary N) is 1. The van der Waals surface area contributed by atoms with E-state index < -0.39 is 0 Å². The SMILES string of the molecule is CCc1ccc(CNCc2ccccc2N)cc1. The number of hydrogen-bond acceptors (Lipinski definition) is 2. The third kappa shape index (κ3) is 3.34. The molecule has 0 aliphatic carbocycles. The minimum Gasteiger partial charge on any atom is -0.398 e. The van der Waals surface area contributed by atoms with Gasteiger partial charge >= 0.3 is 0 Å². The normalized spacial score (nSPS) is 10.5. The minimum atomic E-state index is 0.808. The maximum atomic E-state index is 5.90. The van der Waals surface area contributed by atoms with Crippen LogP contribution in [0, 0.1) is 0 Å². The highest BCUT2D eigenvalue weighted by Gasteiger charge is 1.97. The summed E-state index contributed by atoms with van der Waals surface area (Å²) in [4.78, 5) is 0. The fraction of sp³-hybridized carbons (Fsp3) is 0.250. The zero-order valence-electron chi connectivity index (χ0n) is 10.8. The maximum absolute atomic E-state index is 5.90. The Kier molecular flexibility index (Phi) is 4.37. The molecule has 0 fully saturated rings. The van der Waals surface area contributed by atoms with Gasteiger partial charge < -0.3 is 11.1 Å². The van der Waals surface area contributed by atoms with Gasteiger partial charge in [-0.3, -0.25) is 0 Å². The van der Waals surface area contributed by atoms with Gasteiger partial charge in [0.25, 0.3) is 0 Å². The van der Waals surface area contributed by atoms with Crippen LogP contribution in [0.3, 0.4) is 0 Å². The lowest BCUT2D eigenvalue weighted by atomic mass is 10.1. The van der Waals surface area contributed by atoms with Crippen LogP contribution in [0.2, 0.25) is 0 Å². The fourth-order valence-electron chi connectivity index (χ4n) is 1.93. The van der Waals surface area contributed by atoms with Crippen molar-refractivity contribution in [2.24, 2.45) is 0 Å². The molecule has 0 unspecified atom stereocenters. The first-order chi connectivity index (χ1) is 8.79. The lowest BCUT2D eigenvalue weighted by Gasteiger charge is -2.08. The van der Waals surface area contributed by atoms with E-state index in [9.17, 15) is 0 Å². The van der Waals surface area contributed by atoms with Crippen LogP contribution >= 0.6 is 0 Å². The van der Waals surface area contributed by atoms with E-state index in [-0.39, 0.29) is 0 Å². The molecule has 0 spiro atoms. The summed E-state index contributed by atoms with van der Waals surface area (Å²) in [6.07, 6.45) is 1.09. The minimum absolute atomic E-state index is 0.808. The molecule has 0 bridgehead atoms. The molecule has 2 aromatic rings. The van der Waals surface area contributed by atoms with Gasteiger partial charge in [0.1, 0.15) is 0 Å². The molecule has 0 radical (unpaired) electrons. The summed E-state index contributed by atoms with van der Waals surface area (Å²) in [5.74, 6) is 0. The van der Waals surface area contributed by atoms with E-state index in [0.717, 1.165) is 30.8 Å². The van der Waals surface area contributed by atoms with Gasteiger partial charge in [-0.2, -0.15) is 0 Å². The van der Waals surface area contributed by atoms with Crippen molar-refractivity contribution in [3.8, 4) is 0 Å². The quantitative estimate of drug-likeness (QED) is 0.788. The highest BCUT2D eigenvalue weighted by atomic mass is 14.9. The first kappa shape index (κ1) is 12.7. The second-order valence-electron chi connectivity index (χ2n) is 4.47. The third-order valence-corrected chi connectivity index (χ3v) is 3.13. The van der Waals surface area contributed by atoms with Crippen LogP contribution in [-0.2, 0) is 19.5 Å². The van der Waals surface area contributed by atoms with Gasteiger partial charge in [-0.25, -0.2) is 0 Å². The predicted octanol–water partition coefficient (Wildman–Crippen LogP) is 3.12. The maximum Gasteiger partial charge on any atom is 0.0359 e. The summed E-state index contributed by atoms with van der Waals surface area (Å²) in [7, 11) is 0. The Labute approximate surface area is 109 Å². The first-order valence-corrected chi connectivity index (χ1v) is 6.41. The average molecular weight is 240 g/mol. The van der Waals surface area contributed by atoms with Gasteiger partial charge in [0.05, 0.1) is 0 Å². The molecule has 2 rings (SSSR count). The highest BCUT2D eigenvalue weighted by Crippen LogP contribution is 2.10. The molecule has 0 saturated carbocycles. The Morgan fingerprint density at radius 3 is 2.22 bits per heavy atom. The van der Waals surface area contributed by atoms with E-state index in [1.807, 2.05) is 18.2 Å². The number of nitrogen functional groups attached to an aromatic ring is 1. The lowest BCUT2D eigenvalue weighted by molar-refractivity contribution is 0.694. The van der Waals surface area contributed by atoms with Crippen LogP contribution in [0.1, 0.15) is 23.6 Å². The Morgan fingerprint density at radius 2 is 1.56 bits per heavy atom. The van der Waals surface area contributed by atoms with Crippen molar-refractivity contribution in [2.75, 3.05) is 5.73 Å². The first-order valence-electron chi connectivity index (χ1n) is 6.41. The summed E-state index contributed by atoms with van der Waals surface area (Å²) in [6.45, 7) is 3.85. The second kappa shape index (κ2) is 6.22. The van der Waals surface area contributed by atoms with Gasteiger partial charge in [-0.05, 0) is 29.2 Å². The van der Waals surface area contributed by atoms with Crippen LogP contribution < -0.4 is 11.1 Å². The summed E-state index contributed by atoms with van der Waals surface area (Å²) in [6, 6.07) is 16.7. The van der Waals surface area contributed by atoms with Gasteiger partial charge in [0, 0.05) is 18.8 Å².